The van der Waals surface area contributed by atoms with Gasteiger partial charge in [0.05, 0.1) is 22.3 Å². The minimum atomic E-state index is -0.273. The summed E-state index contributed by atoms with van der Waals surface area (Å²) in [6.45, 7) is 0. The summed E-state index contributed by atoms with van der Waals surface area (Å²) in [5, 5.41) is 0. The van der Waals surface area contributed by atoms with E-state index < -0.39 is 0 Å². The highest BCUT2D eigenvalue weighted by atomic mass is 32.1. The van der Waals surface area contributed by atoms with Crippen LogP contribution in [0.2, 0.25) is 0 Å². The fraction of sp³-hybridized carbons (Fsp3) is 0.0909. The molecule has 2 N–H and O–H groups in total. The summed E-state index contributed by atoms with van der Waals surface area (Å²) in [4.78, 5) is 12.8. The lowest BCUT2D eigenvalue weighted by Gasteiger charge is -2.13. The van der Waals surface area contributed by atoms with E-state index in [1.807, 2.05) is 18.2 Å². The number of hydrogen-bond acceptors (Lipinski definition) is 4. The molecule has 5 heteroatoms. The lowest BCUT2D eigenvalue weighted by molar-refractivity contribution is 0.927. The van der Waals surface area contributed by atoms with Gasteiger partial charge in [-0.25, -0.2) is 0 Å². The highest BCUT2D eigenvalue weighted by Gasteiger charge is 2.19. The minimum Gasteiger partial charge on any atom is -0.392 e. The Labute approximate surface area is 98.6 Å². The Balaban J connectivity index is 2.44. The molecular formula is C11H10N4S. The third-order valence-electron chi connectivity index (χ3n) is 2.15. The maximum atomic E-state index is 5.72. The van der Waals surface area contributed by atoms with E-state index in [1.165, 1.54) is 0 Å². The van der Waals surface area contributed by atoms with Gasteiger partial charge in [0.1, 0.15) is 0 Å². The first-order valence-electron chi connectivity index (χ1n) is 4.75. The van der Waals surface area contributed by atoms with Crippen molar-refractivity contribution < 1.29 is 0 Å². The molecule has 0 amide bonds. The zero-order valence-corrected chi connectivity index (χ0v) is 9.26. The molecule has 0 saturated carbocycles. The summed E-state index contributed by atoms with van der Waals surface area (Å²) in [6.07, 6.45) is 6.58. The van der Waals surface area contributed by atoms with Gasteiger partial charge in [-0.2, -0.15) is 0 Å². The average molecular weight is 230 g/mol. The monoisotopic (exact) mass is 230 g/mol. The molecule has 16 heavy (non-hydrogen) atoms. The topological polar surface area (TPSA) is 64.7 Å². The summed E-state index contributed by atoms with van der Waals surface area (Å²) in [7, 11) is 0. The zero-order valence-electron chi connectivity index (χ0n) is 8.45. The Morgan fingerprint density at radius 1 is 1.12 bits per heavy atom. The third-order valence-corrected chi connectivity index (χ3v) is 2.38. The van der Waals surface area contributed by atoms with Gasteiger partial charge in [0, 0.05) is 24.8 Å². The Bertz CT molecular complexity index is 432. The van der Waals surface area contributed by atoms with Crippen LogP contribution in [0.3, 0.4) is 0 Å². The van der Waals surface area contributed by atoms with Crippen LogP contribution in [-0.4, -0.2) is 19.9 Å². The molecule has 0 aliphatic heterocycles. The first-order valence-corrected chi connectivity index (χ1v) is 5.16. The van der Waals surface area contributed by atoms with Crippen LogP contribution in [0.4, 0.5) is 0 Å². The van der Waals surface area contributed by atoms with Crippen LogP contribution < -0.4 is 5.73 Å². The number of thiocarbonyl (C=S) groups is 1. The molecule has 0 spiro atoms. The zero-order chi connectivity index (χ0) is 11.4. The van der Waals surface area contributed by atoms with Crippen molar-refractivity contribution in [1.29, 1.82) is 0 Å². The number of rotatable bonds is 3. The van der Waals surface area contributed by atoms with E-state index in [-0.39, 0.29) is 5.92 Å². The van der Waals surface area contributed by atoms with Crippen LogP contribution in [0.25, 0.3) is 0 Å². The first kappa shape index (κ1) is 10.6. The fourth-order valence-corrected chi connectivity index (χ4v) is 1.69. The van der Waals surface area contributed by atoms with Crippen LogP contribution in [0.5, 0.6) is 0 Å². The summed E-state index contributed by atoms with van der Waals surface area (Å²) >= 11 is 5.05. The van der Waals surface area contributed by atoms with Crippen molar-refractivity contribution >= 4 is 17.2 Å². The summed E-state index contributed by atoms with van der Waals surface area (Å²) in [5.74, 6) is -0.273. The summed E-state index contributed by atoms with van der Waals surface area (Å²) in [5.41, 5.74) is 7.23. The highest BCUT2D eigenvalue weighted by molar-refractivity contribution is 7.80. The van der Waals surface area contributed by atoms with E-state index in [2.05, 4.69) is 15.0 Å². The average Bonchev–Trinajstić information content (AvgIpc) is 2.31. The number of pyridine rings is 1. The fourth-order valence-electron chi connectivity index (χ4n) is 1.45. The van der Waals surface area contributed by atoms with Crippen molar-refractivity contribution in [2.24, 2.45) is 5.73 Å². The quantitative estimate of drug-likeness (QED) is 0.805. The molecule has 2 aromatic rings. The standard InChI is InChI=1S/C11H10N4S/c12-11(16)10(8-3-1-2-4-14-8)9-7-13-5-6-15-9/h1-7,10H,(H2,12,16). The summed E-state index contributed by atoms with van der Waals surface area (Å²) in [6, 6.07) is 5.61. The predicted molar refractivity (Wildman–Crippen MR) is 64.9 cm³/mol. The second-order valence-corrected chi connectivity index (χ2v) is 3.69. The largest absolute Gasteiger partial charge is 0.392 e. The smallest absolute Gasteiger partial charge is 0.0951 e. The maximum Gasteiger partial charge on any atom is 0.0951 e. The van der Waals surface area contributed by atoms with E-state index in [0.717, 1.165) is 5.69 Å². The number of aromatic nitrogens is 3. The van der Waals surface area contributed by atoms with E-state index >= 15 is 0 Å². The molecule has 1 atom stereocenters. The number of nitrogens with zero attached hydrogens (tertiary/aromatic N) is 3. The molecule has 2 heterocycles. The highest BCUT2D eigenvalue weighted by Crippen LogP contribution is 2.20. The molecule has 1 unspecified atom stereocenters. The van der Waals surface area contributed by atoms with Crippen LogP contribution >= 0.6 is 12.2 Å². The lowest BCUT2D eigenvalue weighted by Crippen LogP contribution is -2.22. The van der Waals surface area contributed by atoms with E-state index in [1.54, 1.807) is 24.8 Å². The molecule has 0 saturated heterocycles. The van der Waals surface area contributed by atoms with Crippen molar-refractivity contribution in [1.82, 2.24) is 15.0 Å². The predicted octanol–water partition coefficient (Wildman–Crippen LogP) is 1.29. The van der Waals surface area contributed by atoms with E-state index in [4.69, 9.17) is 18.0 Å². The molecule has 80 valence electrons. The molecule has 0 aliphatic rings. The molecule has 0 fully saturated rings. The first-order chi connectivity index (χ1) is 7.79. The van der Waals surface area contributed by atoms with Crippen molar-refractivity contribution in [3.05, 3.63) is 54.4 Å². The lowest BCUT2D eigenvalue weighted by atomic mass is 10.0. The van der Waals surface area contributed by atoms with Gasteiger partial charge in [0.25, 0.3) is 0 Å². The van der Waals surface area contributed by atoms with E-state index in [9.17, 15) is 0 Å². The number of hydrogen-bond donors (Lipinski definition) is 1. The number of nitrogens with two attached hydrogens (primary N) is 1. The Morgan fingerprint density at radius 3 is 2.50 bits per heavy atom. The Hall–Kier alpha value is -1.88. The molecule has 0 aromatic carbocycles. The molecule has 0 radical (unpaired) electrons. The maximum absolute atomic E-state index is 5.72. The van der Waals surface area contributed by atoms with Crippen LogP contribution in [0.1, 0.15) is 17.3 Å². The van der Waals surface area contributed by atoms with Gasteiger partial charge in [-0.15, -0.1) is 0 Å². The second-order valence-electron chi connectivity index (χ2n) is 3.22. The normalized spacial score (nSPS) is 12.0. The van der Waals surface area contributed by atoms with Gasteiger partial charge < -0.3 is 5.73 Å². The molecular weight excluding hydrogens is 220 g/mol. The molecule has 2 rings (SSSR count). The Morgan fingerprint density at radius 2 is 1.94 bits per heavy atom. The third kappa shape index (κ3) is 2.20. The summed E-state index contributed by atoms with van der Waals surface area (Å²) < 4.78 is 0. The second kappa shape index (κ2) is 4.76. The van der Waals surface area contributed by atoms with E-state index in [0.29, 0.717) is 10.7 Å². The van der Waals surface area contributed by atoms with Gasteiger partial charge in [0.2, 0.25) is 0 Å². The van der Waals surface area contributed by atoms with Crippen molar-refractivity contribution in [2.75, 3.05) is 0 Å². The molecule has 0 bridgehead atoms. The van der Waals surface area contributed by atoms with Crippen molar-refractivity contribution in [3.63, 3.8) is 0 Å². The van der Waals surface area contributed by atoms with Crippen LogP contribution in [0.15, 0.2) is 43.0 Å². The van der Waals surface area contributed by atoms with Gasteiger partial charge >= 0.3 is 0 Å². The SMILES string of the molecule is NC(=S)C(c1ccccn1)c1cnccn1. The van der Waals surface area contributed by atoms with Crippen molar-refractivity contribution in [2.45, 2.75) is 5.92 Å². The molecule has 0 aliphatic carbocycles. The van der Waals surface area contributed by atoms with Crippen LogP contribution in [-0.2, 0) is 0 Å². The van der Waals surface area contributed by atoms with Crippen molar-refractivity contribution in [3.8, 4) is 0 Å². The van der Waals surface area contributed by atoms with Gasteiger partial charge in [0.15, 0.2) is 0 Å². The molecule has 4 nitrogen and oxygen atoms in total. The van der Waals surface area contributed by atoms with Crippen LogP contribution in [0, 0.1) is 0 Å². The van der Waals surface area contributed by atoms with Gasteiger partial charge in [-0.05, 0) is 12.1 Å². The Kier molecular flexibility index (Phi) is 3.16. The minimum absolute atomic E-state index is 0.273. The van der Waals surface area contributed by atoms with Gasteiger partial charge in [-0.3, -0.25) is 15.0 Å². The molecule has 2 aromatic heterocycles. The van der Waals surface area contributed by atoms with Gasteiger partial charge in [-0.1, -0.05) is 18.3 Å².